The van der Waals surface area contributed by atoms with Crippen LogP contribution in [0.2, 0.25) is 0 Å². The molecule has 9 aromatic carbocycles. The minimum Gasteiger partial charge on any atom is -0.309 e. The number of hydrogen-bond donors (Lipinski definition) is 0. The summed E-state index contributed by atoms with van der Waals surface area (Å²) >= 11 is 0. The van der Waals surface area contributed by atoms with Crippen LogP contribution in [0.15, 0.2) is 218 Å². The molecule has 0 bridgehead atoms. The highest BCUT2D eigenvalue weighted by Gasteiger charge is 2.25. The second kappa shape index (κ2) is 15.2. The molecule has 0 spiro atoms. The van der Waals surface area contributed by atoms with Gasteiger partial charge in [-0.3, -0.25) is 0 Å². The third-order valence-electron chi connectivity index (χ3n) is 12.6. The van der Waals surface area contributed by atoms with E-state index in [2.05, 4.69) is 229 Å². The number of nitrogens with zero attached hydrogens (tertiary/aromatic N) is 4. The Morgan fingerprint density at radius 3 is 1.39 bits per heavy atom. The van der Waals surface area contributed by atoms with Gasteiger partial charge in [-0.15, -0.1) is 0 Å². The summed E-state index contributed by atoms with van der Waals surface area (Å²) in [5, 5.41) is 4.84. The molecule has 0 N–H and O–H groups in total. The first-order valence-corrected chi connectivity index (χ1v) is 21.9. The highest BCUT2D eigenvalue weighted by Crippen LogP contribution is 2.45. The number of rotatable bonds is 7. The van der Waals surface area contributed by atoms with Crippen LogP contribution in [0, 0.1) is 13.8 Å². The molecule has 64 heavy (non-hydrogen) atoms. The van der Waals surface area contributed by atoms with E-state index in [9.17, 15) is 0 Å². The SMILES string of the molecule is Cc1cc(C)cc(-c2ccc3c(c2)c2ccccc2n3-c2cccc(-c3nc(-c4ccccc4)cc(-c4ccccc4)n3)c2-c2ccccc2-n2c3ccccc3c3ccccc32)c1. The van der Waals surface area contributed by atoms with Gasteiger partial charge in [-0.2, -0.15) is 0 Å². The van der Waals surface area contributed by atoms with Gasteiger partial charge < -0.3 is 9.13 Å². The number of aromatic nitrogens is 4. The van der Waals surface area contributed by atoms with Gasteiger partial charge in [0, 0.05) is 49.4 Å². The molecule has 12 aromatic rings. The molecule has 3 heterocycles. The summed E-state index contributed by atoms with van der Waals surface area (Å²) < 4.78 is 4.88. The number of para-hydroxylation sites is 4. The summed E-state index contributed by atoms with van der Waals surface area (Å²) in [5.74, 6) is 0.659. The average Bonchev–Trinajstić information content (AvgIpc) is 3.86. The first-order chi connectivity index (χ1) is 31.6. The van der Waals surface area contributed by atoms with E-state index in [1.54, 1.807) is 0 Å². The van der Waals surface area contributed by atoms with Crippen LogP contribution in [0.25, 0.3) is 111 Å². The van der Waals surface area contributed by atoms with E-state index >= 15 is 0 Å². The Morgan fingerprint density at radius 1 is 0.312 bits per heavy atom. The zero-order valence-corrected chi connectivity index (χ0v) is 35.6. The smallest absolute Gasteiger partial charge is 0.161 e. The first-order valence-electron chi connectivity index (χ1n) is 21.9. The second-order valence-electron chi connectivity index (χ2n) is 16.7. The van der Waals surface area contributed by atoms with Gasteiger partial charge >= 0.3 is 0 Å². The predicted octanol–water partition coefficient (Wildman–Crippen LogP) is 15.6. The average molecular weight is 819 g/mol. The van der Waals surface area contributed by atoms with Crippen molar-refractivity contribution in [3.05, 3.63) is 230 Å². The highest BCUT2D eigenvalue weighted by atomic mass is 15.0. The predicted molar refractivity (Wildman–Crippen MR) is 267 cm³/mol. The van der Waals surface area contributed by atoms with Gasteiger partial charge in [0.1, 0.15) is 0 Å². The molecule has 12 rings (SSSR count). The molecule has 0 unspecified atom stereocenters. The number of aryl methyl sites for hydroxylation is 2. The number of benzene rings is 9. The Balaban J connectivity index is 1.20. The Morgan fingerprint density at radius 2 is 0.781 bits per heavy atom. The third-order valence-corrected chi connectivity index (χ3v) is 12.6. The molecule has 4 heteroatoms. The van der Waals surface area contributed by atoms with Gasteiger partial charge in [0.05, 0.1) is 44.8 Å². The second-order valence-corrected chi connectivity index (χ2v) is 16.7. The molecule has 0 fully saturated rings. The quantitative estimate of drug-likeness (QED) is 0.161. The van der Waals surface area contributed by atoms with E-state index in [-0.39, 0.29) is 0 Å². The van der Waals surface area contributed by atoms with Gasteiger partial charge in [-0.1, -0.05) is 181 Å². The first kappa shape index (κ1) is 37.4. The number of fused-ring (bicyclic) bond motifs is 6. The fourth-order valence-electron chi connectivity index (χ4n) is 9.89. The third kappa shape index (κ3) is 6.22. The minimum atomic E-state index is 0.659. The van der Waals surface area contributed by atoms with Crippen LogP contribution in [0.3, 0.4) is 0 Å². The zero-order chi connectivity index (χ0) is 42.7. The maximum atomic E-state index is 5.46. The normalized spacial score (nSPS) is 11.6. The Hall–Kier alpha value is -8.34. The standard InChI is InChI=1S/C60H42N4/c1-39-34-40(2)36-44(35-39)43-32-33-57-50(37-43)47-24-11-15-29-55(47)64(57)58-31-17-26-49(60-61-51(41-18-5-3-6-19-41)38-52(62-60)42-20-7-4-8-21-42)59(58)48-25-12-16-30-56(48)63-53-27-13-9-22-45(53)46-23-10-14-28-54(46)63/h3-38H,1-2H3. The Kier molecular flexibility index (Phi) is 8.91. The molecule has 4 nitrogen and oxygen atoms in total. The molecule has 0 amide bonds. The summed E-state index contributed by atoms with van der Waals surface area (Å²) in [4.78, 5) is 10.9. The highest BCUT2D eigenvalue weighted by molar-refractivity contribution is 6.12. The van der Waals surface area contributed by atoms with Gasteiger partial charge in [-0.05, 0) is 73.5 Å². The lowest BCUT2D eigenvalue weighted by Gasteiger charge is -2.21. The fraction of sp³-hybridized carbons (Fsp3) is 0.0333. The maximum absolute atomic E-state index is 5.46. The van der Waals surface area contributed by atoms with Crippen molar-refractivity contribution in [2.24, 2.45) is 0 Å². The number of hydrogen-bond acceptors (Lipinski definition) is 2. The van der Waals surface area contributed by atoms with E-state index in [0.29, 0.717) is 5.82 Å². The van der Waals surface area contributed by atoms with Gasteiger partial charge in [0.15, 0.2) is 5.82 Å². The zero-order valence-electron chi connectivity index (χ0n) is 35.6. The molecule has 0 saturated heterocycles. The molecule has 0 atom stereocenters. The van der Waals surface area contributed by atoms with Crippen molar-refractivity contribution in [2.75, 3.05) is 0 Å². The van der Waals surface area contributed by atoms with Gasteiger partial charge in [0.2, 0.25) is 0 Å². The maximum Gasteiger partial charge on any atom is 0.161 e. The summed E-state index contributed by atoms with van der Waals surface area (Å²) in [7, 11) is 0. The molecular weight excluding hydrogens is 777 g/mol. The molecule has 3 aromatic heterocycles. The van der Waals surface area contributed by atoms with E-state index in [0.717, 1.165) is 72.6 Å². The van der Waals surface area contributed by atoms with Crippen LogP contribution < -0.4 is 0 Å². The van der Waals surface area contributed by atoms with Crippen molar-refractivity contribution in [1.82, 2.24) is 19.1 Å². The van der Waals surface area contributed by atoms with Crippen molar-refractivity contribution in [3.8, 4) is 67.5 Å². The molecule has 0 aliphatic heterocycles. The van der Waals surface area contributed by atoms with Crippen LogP contribution in [-0.2, 0) is 0 Å². The largest absolute Gasteiger partial charge is 0.309 e. The lowest BCUT2D eigenvalue weighted by atomic mass is 9.94. The van der Waals surface area contributed by atoms with E-state index in [4.69, 9.17) is 9.97 Å². The van der Waals surface area contributed by atoms with Gasteiger partial charge in [-0.25, -0.2) is 9.97 Å². The molecule has 0 aliphatic rings. The lowest BCUT2D eigenvalue weighted by molar-refractivity contribution is 1.15. The van der Waals surface area contributed by atoms with Crippen molar-refractivity contribution in [2.45, 2.75) is 13.8 Å². The van der Waals surface area contributed by atoms with Crippen LogP contribution >= 0.6 is 0 Å². The molecule has 302 valence electrons. The van der Waals surface area contributed by atoms with Crippen LogP contribution in [0.4, 0.5) is 0 Å². The van der Waals surface area contributed by atoms with Crippen LogP contribution in [0.5, 0.6) is 0 Å². The van der Waals surface area contributed by atoms with E-state index < -0.39 is 0 Å². The van der Waals surface area contributed by atoms with Crippen LogP contribution in [0.1, 0.15) is 11.1 Å². The monoisotopic (exact) mass is 818 g/mol. The van der Waals surface area contributed by atoms with Crippen molar-refractivity contribution in [1.29, 1.82) is 0 Å². The van der Waals surface area contributed by atoms with E-state index in [1.807, 2.05) is 12.1 Å². The summed E-state index contributed by atoms with van der Waals surface area (Å²) in [6, 6.07) is 78.5. The van der Waals surface area contributed by atoms with E-state index in [1.165, 1.54) is 43.8 Å². The molecular formula is C60H42N4. The van der Waals surface area contributed by atoms with Crippen LogP contribution in [-0.4, -0.2) is 19.1 Å². The topological polar surface area (TPSA) is 35.6 Å². The minimum absolute atomic E-state index is 0.659. The summed E-state index contributed by atoms with van der Waals surface area (Å²) in [6.07, 6.45) is 0. The van der Waals surface area contributed by atoms with Crippen molar-refractivity contribution in [3.63, 3.8) is 0 Å². The van der Waals surface area contributed by atoms with Crippen molar-refractivity contribution >= 4 is 43.6 Å². The molecule has 0 aliphatic carbocycles. The Bertz CT molecular complexity index is 3610. The van der Waals surface area contributed by atoms with Gasteiger partial charge in [0.25, 0.3) is 0 Å². The molecule has 0 saturated carbocycles. The fourth-order valence-corrected chi connectivity index (χ4v) is 9.89. The summed E-state index contributed by atoms with van der Waals surface area (Å²) in [6.45, 7) is 4.35. The Labute approximate surface area is 372 Å². The van der Waals surface area contributed by atoms with Crippen molar-refractivity contribution < 1.29 is 0 Å². The molecule has 0 radical (unpaired) electrons. The summed E-state index contributed by atoms with van der Waals surface area (Å²) in [5.41, 5.74) is 18.5. The lowest BCUT2D eigenvalue weighted by Crippen LogP contribution is -2.04.